The molecular formula is C24H27ClN4OS. The summed E-state index contributed by atoms with van der Waals surface area (Å²) < 4.78 is 0. The lowest BCUT2D eigenvalue weighted by Crippen LogP contribution is -2.45. The van der Waals surface area contributed by atoms with Crippen molar-refractivity contribution < 1.29 is 4.79 Å². The van der Waals surface area contributed by atoms with E-state index in [9.17, 15) is 4.79 Å². The predicted molar refractivity (Wildman–Crippen MR) is 129 cm³/mol. The second-order valence-electron chi connectivity index (χ2n) is 8.15. The number of H-pyrrole nitrogens is 1. The Balaban J connectivity index is 1.48. The number of carbonyl (C=O) groups excluding carboxylic acids is 1. The zero-order valence-electron chi connectivity index (χ0n) is 17.7. The van der Waals surface area contributed by atoms with Crippen molar-refractivity contribution in [3.05, 3.63) is 65.2 Å². The maximum atomic E-state index is 12.9. The van der Waals surface area contributed by atoms with Gasteiger partial charge in [-0.1, -0.05) is 65.8 Å². The molecule has 0 radical (unpaired) electrons. The summed E-state index contributed by atoms with van der Waals surface area (Å²) in [7, 11) is 0. The van der Waals surface area contributed by atoms with Crippen LogP contribution >= 0.6 is 23.4 Å². The third-order valence-corrected chi connectivity index (χ3v) is 6.54. The van der Waals surface area contributed by atoms with Gasteiger partial charge < -0.3 is 10.3 Å². The standard InChI is InChI=1S/C24H27ClN4OS/c1-16(2)26-23(30)22-13-19(31-24-27-20-10-6-7-11-21(20)28-24)15-29(22)14-18(25)12-17-8-4-3-5-9-17/h3-12,16,19,22H,13-15H2,1-2H3,(H,26,30)(H,27,28)/t19-,22-/m0/s1. The first-order valence-electron chi connectivity index (χ1n) is 10.5. The number of halogens is 1. The van der Waals surface area contributed by atoms with Crippen molar-refractivity contribution in [1.29, 1.82) is 0 Å². The van der Waals surface area contributed by atoms with Crippen LogP contribution in [-0.4, -0.2) is 51.2 Å². The minimum Gasteiger partial charge on any atom is -0.353 e. The number of nitrogens with one attached hydrogen (secondary N) is 2. The van der Waals surface area contributed by atoms with E-state index < -0.39 is 0 Å². The number of thioether (sulfide) groups is 1. The van der Waals surface area contributed by atoms with E-state index in [1.165, 1.54) is 0 Å². The molecular weight excluding hydrogens is 428 g/mol. The van der Waals surface area contributed by atoms with Gasteiger partial charge in [0.1, 0.15) is 0 Å². The molecule has 2 aromatic carbocycles. The third-order valence-electron chi connectivity index (χ3n) is 5.22. The second-order valence-corrected chi connectivity index (χ2v) is 9.92. The normalized spacial score (nSPS) is 19.9. The largest absolute Gasteiger partial charge is 0.353 e. The van der Waals surface area contributed by atoms with Gasteiger partial charge in [0.25, 0.3) is 0 Å². The third kappa shape index (κ3) is 5.70. The molecule has 31 heavy (non-hydrogen) atoms. The molecule has 1 aliphatic rings. The Hall–Kier alpha value is -2.28. The first kappa shape index (κ1) is 21.9. The Morgan fingerprint density at radius 2 is 2.00 bits per heavy atom. The molecule has 1 aliphatic heterocycles. The lowest BCUT2D eigenvalue weighted by molar-refractivity contribution is -0.125. The van der Waals surface area contributed by atoms with Crippen LogP contribution in [0.5, 0.6) is 0 Å². The number of aromatic nitrogens is 2. The van der Waals surface area contributed by atoms with Crippen molar-refractivity contribution in [3.8, 4) is 0 Å². The highest BCUT2D eigenvalue weighted by Gasteiger charge is 2.38. The molecule has 4 rings (SSSR count). The second kappa shape index (κ2) is 9.90. The van der Waals surface area contributed by atoms with E-state index in [-0.39, 0.29) is 23.2 Å². The summed E-state index contributed by atoms with van der Waals surface area (Å²) in [5.41, 5.74) is 3.05. The molecule has 0 bridgehead atoms. The van der Waals surface area contributed by atoms with Crippen molar-refractivity contribution in [2.45, 2.75) is 42.8 Å². The smallest absolute Gasteiger partial charge is 0.237 e. The van der Waals surface area contributed by atoms with Crippen LogP contribution in [0.3, 0.4) is 0 Å². The first-order chi connectivity index (χ1) is 15.0. The summed E-state index contributed by atoms with van der Waals surface area (Å²) >= 11 is 8.30. The summed E-state index contributed by atoms with van der Waals surface area (Å²) in [6.07, 6.45) is 2.73. The summed E-state index contributed by atoms with van der Waals surface area (Å²) in [5.74, 6) is 0.0619. The Morgan fingerprint density at radius 1 is 1.26 bits per heavy atom. The van der Waals surface area contributed by atoms with Gasteiger partial charge in [-0.2, -0.15) is 0 Å². The number of hydrogen-bond donors (Lipinski definition) is 2. The van der Waals surface area contributed by atoms with Crippen LogP contribution in [0.1, 0.15) is 25.8 Å². The molecule has 1 fully saturated rings. The number of para-hydroxylation sites is 2. The van der Waals surface area contributed by atoms with Crippen LogP contribution in [0.25, 0.3) is 17.1 Å². The van der Waals surface area contributed by atoms with Crippen molar-refractivity contribution in [2.24, 2.45) is 0 Å². The van der Waals surface area contributed by atoms with Gasteiger partial charge in [-0.15, -0.1) is 0 Å². The molecule has 1 amide bonds. The van der Waals surface area contributed by atoms with Crippen LogP contribution in [0.15, 0.2) is 64.8 Å². The number of likely N-dealkylation sites (tertiary alicyclic amines) is 1. The molecule has 1 saturated heterocycles. The zero-order chi connectivity index (χ0) is 21.8. The van der Waals surface area contributed by atoms with E-state index in [4.69, 9.17) is 11.6 Å². The van der Waals surface area contributed by atoms with Gasteiger partial charge in [0.2, 0.25) is 5.91 Å². The number of amides is 1. The molecule has 0 unspecified atom stereocenters. The SMILES string of the molecule is CC(C)NC(=O)[C@@H]1C[C@H](Sc2nc3ccccc3[nH]2)CN1CC(Cl)=Cc1ccccc1. The van der Waals surface area contributed by atoms with Crippen molar-refractivity contribution >= 4 is 46.4 Å². The lowest BCUT2D eigenvalue weighted by Gasteiger charge is -2.24. The van der Waals surface area contributed by atoms with Gasteiger partial charge in [0, 0.05) is 29.4 Å². The fourth-order valence-electron chi connectivity index (χ4n) is 3.89. The quantitative estimate of drug-likeness (QED) is 0.533. The van der Waals surface area contributed by atoms with Crippen molar-refractivity contribution in [2.75, 3.05) is 13.1 Å². The highest BCUT2D eigenvalue weighted by atomic mass is 35.5. The van der Waals surface area contributed by atoms with Gasteiger partial charge in [-0.05, 0) is 44.0 Å². The highest BCUT2D eigenvalue weighted by molar-refractivity contribution is 7.99. The van der Waals surface area contributed by atoms with Crippen LogP contribution in [0, 0.1) is 0 Å². The maximum absolute atomic E-state index is 12.9. The Morgan fingerprint density at radius 3 is 2.74 bits per heavy atom. The van der Waals surface area contributed by atoms with Gasteiger partial charge in [-0.25, -0.2) is 4.98 Å². The average molecular weight is 455 g/mol. The molecule has 7 heteroatoms. The molecule has 0 aliphatic carbocycles. The number of rotatable bonds is 7. The van der Waals surface area contributed by atoms with Crippen LogP contribution in [-0.2, 0) is 4.79 Å². The summed E-state index contributed by atoms with van der Waals surface area (Å²) in [6.45, 7) is 5.29. The number of fused-ring (bicyclic) bond motifs is 1. The van der Waals surface area contributed by atoms with E-state index in [0.29, 0.717) is 6.54 Å². The number of imidazole rings is 1. The maximum Gasteiger partial charge on any atom is 0.237 e. The van der Waals surface area contributed by atoms with Crippen molar-refractivity contribution in [1.82, 2.24) is 20.2 Å². The van der Waals surface area contributed by atoms with Gasteiger partial charge >= 0.3 is 0 Å². The number of aromatic amines is 1. The Bertz CT molecular complexity index is 1030. The molecule has 2 heterocycles. The zero-order valence-corrected chi connectivity index (χ0v) is 19.3. The van der Waals surface area contributed by atoms with Gasteiger partial charge in [0.15, 0.2) is 5.16 Å². The molecule has 1 aromatic heterocycles. The lowest BCUT2D eigenvalue weighted by atomic mass is 10.2. The summed E-state index contributed by atoms with van der Waals surface area (Å²) in [4.78, 5) is 23.1. The fraction of sp³-hybridized carbons (Fsp3) is 0.333. The topological polar surface area (TPSA) is 61.0 Å². The molecule has 162 valence electrons. The van der Waals surface area contributed by atoms with Crippen molar-refractivity contribution in [3.63, 3.8) is 0 Å². The minimum absolute atomic E-state index is 0.0619. The molecule has 5 nitrogen and oxygen atoms in total. The molecule has 0 spiro atoms. The Labute approximate surface area is 192 Å². The molecule has 3 aromatic rings. The molecule has 2 atom stereocenters. The van der Waals surface area contributed by atoms with Gasteiger partial charge in [0.05, 0.1) is 17.1 Å². The van der Waals surface area contributed by atoms with E-state index in [0.717, 1.165) is 39.8 Å². The summed E-state index contributed by atoms with van der Waals surface area (Å²) in [5, 5.41) is 4.94. The average Bonchev–Trinajstić information content (AvgIpc) is 3.31. The Kier molecular flexibility index (Phi) is 7.00. The predicted octanol–water partition coefficient (Wildman–Crippen LogP) is 4.90. The van der Waals surface area contributed by atoms with E-state index >= 15 is 0 Å². The van der Waals surface area contributed by atoms with Gasteiger partial charge in [-0.3, -0.25) is 9.69 Å². The molecule has 2 N–H and O–H groups in total. The van der Waals surface area contributed by atoms with Crippen LogP contribution < -0.4 is 5.32 Å². The number of carbonyl (C=O) groups is 1. The molecule has 0 saturated carbocycles. The first-order valence-corrected chi connectivity index (χ1v) is 11.8. The summed E-state index contributed by atoms with van der Waals surface area (Å²) in [6, 6.07) is 17.9. The van der Waals surface area contributed by atoms with E-state index in [1.54, 1.807) is 11.8 Å². The van der Waals surface area contributed by atoms with Crippen LogP contribution in [0.2, 0.25) is 0 Å². The number of hydrogen-bond acceptors (Lipinski definition) is 4. The highest BCUT2D eigenvalue weighted by Crippen LogP contribution is 2.33. The minimum atomic E-state index is -0.206. The monoisotopic (exact) mass is 454 g/mol. The van der Waals surface area contributed by atoms with Crippen LogP contribution in [0.4, 0.5) is 0 Å². The fourth-order valence-corrected chi connectivity index (χ4v) is 5.35. The number of benzene rings is 2. The van der Waals surface area contributed by atoms with E-state index in [2.05, 4.69) is 20.2 Å². The van der Waals surface area contributed by atoms with E-state index in [1.807, 2.05) is 74.5 Å². The number of nitrogens with zero attached hydrogens (tertiary/aromatic N) is 2.